The molecule has 0 saturated heterocycles. The van der Waals surface area contributed by atoms with Gasteiger partial charge in [-0.25, -0.2) is 5.84 Å². The highest BCUT2D eigenvalue weighted by atomic mass is 16.5. The first-order valence-electron chi connectivity index (χ1n) is 6.42. The van der Waals surface area contributed by atoms with Crippen molar-refractivity contribution in [1.82, 2.24) is 10.3 Å². The summed E-state index contributed by atoms with van der Waals surface area (Å²) in [6.45, 7) is 0.385. The quantitative estimate of drug-likeness (QED) is 0.322. The number of ether oxygens (including phenoxy) is 1. The standard InChI is InChI=1S/C12H25N3O2/c1-15(10-7-5-3-4-6-8-10)11(9-17-2)12(16)14-13/h10-11H,3-9,13H2,1-2H3,(H,14,16). The van der Waals surface area contributed by atoms with Crippen molar-refractivity contribution in [3.8, 4) is 0 Å². The van der Waals surface area contributed by atoms with Crippen molar-refractivity contribution in [2.45, 2.75) is 50.6 Å². The number of hydrazine groups is 1. The summed E-state index contributed by atoms with van der Waals surface area (Å²) in [7, 11) is 3.60. The van der Waals surface area contributed by atoms with Crippen LogP contribution in [0.25, 0.3) is 0 Å². The second kappa shape index (κ2) is 7.63. The third kappa shape index (κ3) is 4.26. The zero-order chi connectivity index (χ0) is 12.7. The number of rotatable bonds is 5. The lowest BCUT2D eigenvalue weighted by molar-refractivity contribution is -0.129. The van der Waals surface area contributed by atoms with Gasteiger partial charge in [-0.1, -0.05) is 25.7 Å². The molecule has 5 nitrogen and oxygen atoms in total. The number of nitrogens with one attached hydrogen (secondary N) is 1. The molecule has 1 amide bonds. The summed E-state index contributed by atoms with van der Waals surface area (Å²) in [6, 6.07) is 0.183. The van der Waals surface area contributed by atoms with E-state index in [9.17, 15) is 4.79 Å². The first-order valence-corrected chi connectivity index (χ1v) is 6.42. The normalized spacial score (nSPS) is 20.0. The molecule has 17 heavy (non-hydrogen) atoms. The van der Waals surface area contributed by atoms with Gasteiger partial charge in [0, 0.05) is 13.2 Å². The Bertz CT molecular complexity index is 228. The van der Waals surface area contributed by atoms with Crippen LogP contribution < -0.4 is 11.3 Å². The van der Waals surface area contributed by atoms with Crippen molar-refractivity contribution in [1.29, 1.82) is 0 Å². The fraction of sp³-hybridized carbons (Fsp3) is 0.917. The highest BCUT2D eigenvalue weighted by Crippen LogP contribution is 2.22. The lowest BCUT2D eigenvalue weighted by Crippen LogP contribution is -2.53. The van der Waals surface area contributed by atoms with E-state index in [0.717, 1.165) is 12.8 Å². The Balaban J connectivity index is 2.61. The molecule has 1 unspecified atom stereocenters. The third-order valence-electron chi connectivity index (χ3n) is 3.66. The second-order valence-corrected chi connectivity index (χ2v) is 4.79. The topological polar surface area (TPSA) is 67.6 Å². The molecule has 1 aliphatic carbocycles. The molecular formula is C12H25N3O2. The Morgan fingerprint density at radius 1 is 1.41 bits per heavy atom. The van der Waals surface area contributed by atoms with Crippen LogP contribution in [0.3, 0.4) is 0 Å². The van der Waals surface area contributed by atoms with Crippen molar-refractivity contribution >= 4 is 5.91 Å². The van der Waals surface area contributed by atoms with Gasteiger partial charge in [0.1, 0.15) is 6.04 Å². The molecule has 0 aromatic rings. The van der Waals surface area contributed by atoms with E-state index in [1.807, 2.05) is 7.05 Å². The number of nitrogens with two attached hydrogens (primary N) is 1. The van der Waals surface area contributed by atoms with E-state index in [-0.39, 0.29) is 11.9 Å². The predicted octanol–water partition coefficient (Wildman–Crippen LogP) is 0.646. The Kier molecular flexibility index (Phi) is 6.47. The molecular weight excluding hydrogens is 218 g/mol. The predicted molar refractivity (Wildman–Crippen MR) is 67.2 cm³/mol. The van der Waals surface area contributed by atoms with Crippen molar-refractivity contribution in [2.75, 3.05) is 20.8 Å². The summed E-state index contributed by atoms with van der Waals surface area (Å²) in [6.07, 6.45) is 7.44. The zero-order valence-corrected chi connectivity index (χ0v) is 10.9. The van der Waals surface area contributed by atoms with E-state index in [2.05, 4.69) is 10.3 Å². The number of amides is 1. The largest absolute Gasteiger partial charge is 0.383 e. The van der Waals surface area contributed by atoms with Crippen molar-refractivity contribution in [3.05, 3.63) is 0 Å². The summed E-state index contributed by atoms with van der Waals surface area (Å²) in [5, 5.41) is 0. The number of carbonyl (C=O) groups is 1. The molecule has 1 rings (SSSR count). The molecule has 0 heterocycles. The van der Waals surface area contributed by atoms with Crippen molar-refractivity contribution in [3.63, 3.8) is 0 Å². The van der Waals surface area contributed by atoms with Crippen LogP contribution in [0.5, 0.6) is 0 Å². The highest BCUT2D eigenvalue weighted by Gasteiger charge is 2.28. The van der Waals surface area contributed by atoms with Crippen LogP contribution in [0.15, 0.2) is 0 Å². The smallest absolute Gasteiger partial charge is 0.253 e. The lowest BCUT2D eigenvalue weighted by Gasteiger charge is -2.33. The first-order chi connectivity index (χ1) is 8.20. The van der Waals surface area contributed by atoms with Gasteiger partial charge < -0.3 is 4.74 Å². The number of nitrogens with zero attached hydrogens (tertiary/aromatic N) is 1. The number of hydrogen-bond donors (Lipinski definition) is 2. The van der Waals surface area contributed by atoms with Crippen molar-refractivity contribution in [2.24, 2.45) is 5.84 Å². The monoisotopic (exact) mass is 243 g/mol. The van der Waals surface area contributed by atoms with Crippen LogP contribution in [0.4, 0.5) is 0 Å². The van der Waals surface area contributed by atoms with E-state index < -0.39 is 0 Å². The van der Waals surface area contributed by atoms with E-state index in [0.29, 0.717) is 12.6 Å². The van der Waals surface area contributed by atoms with E-state index >= 15 is 0 Å². The van der Waals surface area contributed by atoms with Gasteiger partial charge in [0.05, 0.1) is 6.61 Å². The summed E-state index contributed by atoms with van der Waals surface area (Å²) in [5.74, 6) is 5.05. The van der Waals surface area contributed by atoms with Gasteiger partial charge in [-0.2, -0.15) is 0 Å². The SMILES string of the molecule is COCC(C(=O)NN)N(C)C1CCCCCC1. The summed E-state index contributed by atoms with van der Waals surface area (Å²) in [5.41, 5.74) is 2.22. The van der Waals surface area contributed by atoms with Gasteiger partial charge in [0.2, 0.25) is 0 Å². The van der Waals surface area contributed by atoms with Crippen LogP contribution in [0.1, 0.15) is 38.5 Å². The number of hydrogen-bond acceptors (Lipinski definition) is 4. The highest BCUT2D eigenvalue weighted by molar-refractivity contribution is 5.81. The maximum Gasteiger partial charge on any atom is 0.253 e. The van der Waals surface area contributed by atoms with E-state index in [1.165, 1.54) is 25.7 Å². The number of methoxy groups -OCH3 is 1. The maximum absolute atomic E-state index is 11.7. The molecule has 5 heteroatoms. The van der Waals surface area contributed by atoms with Crippen LogP contribution in [-0.2, 0) is 9.53 Å². The Labute approximate surface area is 104 Å². The van der Waals surface area contributed by atoms with Crippen molar-refractivity contribution < 1.29 is 9.53 Å². The molecule has 0 spiro atoms. The fourth-order valence-corrected chi connectivity index (χ4v) is 2.55. The van der Waals surface area contributed by atoms with E-state index in [1.54, 1.807) is 7.11 Å². The maximum atomic E-state index is 11.7. The third-order valence-corrected chi connectivity index (χ3v) is 3.66. The average Bonchev–Trinajstić information content (AvgIpc) is 2.63. The summed E-state index contributed by atoms with van der Waals surface area (Å²) < 4.78 is 5.11. The molecule has 0 aliphatic heterocycles. The van der Waals surface area contributed by atoms with E-state index in [4.69, 9.17) is 10.6 Å². The first kappa shape index (κ1) is 14.4. The number of carbonyl (C=O) groups excluding carboxylic acids is 1. The Morgan fingerprint density at radius 2 is 2.00 bits per heavy atom. The van der Waals surface area contributed by atoms with Gasteiger partial charge >= 0.3 is 0 Å². The minimum Gasteiger partial charge on any atom is -0.383 e. The Morgan fingerprint density at radius 3 is 2.47 bits per heavy atom. The minimum absolute atomic E-state index is 0.168. The molecule has 0 aromatic carbocycles. The fourth-order valence-electron chi connectivity index (χ4n) is 2.55. The van der Waals surface area contributed by atoms with Crippen LogP contribution in [0.2, 0.25) is 0 Å². The van der Waals surface area contributed by atoms with Crippen LogP contribution in [-0.4, -0.2) is 43.7 Å². The molecule has 3 N–H and O–H groups in total. The van der Waals surface area contributed by atoms with Gasteiger partial charge in [-0.15, -0.1) is 0 Å². The van der Waals surface area contributed by atoms with Gasteiger partial charge in [-0.3, -0.25) is 15.1 Å². The molecule has 1 aliphatic rings. The Hall–Kier alpha value is -0.650. The molecule has 0 aromatic heterocycles. The number of likely N-dealkylation sites (N-methyl/N-ethyl adjacent to an activating group) is 1. The average molecular weight is 243 g/mol. The molecule has 1 atom stereocenters. The summed E-state index contributed by atoms with van der Waals surface area (Å²) >= 11 is 0. The van der Waals surface area contributed by atoms with Gasteiger partial charge in [-0.05, 0) is 19.9 Å². The summed E-state index contributed by atoms with van der Waals surface area (Å²) in [4.78, 5) is 13.8. The molecule has 1 fully saturated rings. The molecule has 1 saturated carbocycles. The lowest BCUT2D eigenvalue weighted by atomic mass is 10.1. The van der Waals surface area contributed by atoms with Crippen LogP contribution in [0, 0.1) is 0 Å². The minimum atomic E-state index is -0.284. The van der Waals surface area contributed by atoms with Gasteiger partial charge in [0.15, 0.2) is 0 Å². The second-order valence-electron chi connectivity index (χ2n) is 4.79. The van der Waals surface area contributed by atoms with Crippen LogP contribution >= 0.6 is 0 Å². The molecule has 100 valence electrons. The molecule has 0 radical (unpaired) electrons. The molecule has 0 bridgehead atoms. The van der Waals surface area contributed by atoms with Gasteiger partial charge in [0.25, 0.3) is 5.91 Å². The zero-order valence-electron chi connectivity index (χ0n) is 10.9.